The normalized spacial score (nSPS) is 15.5. The van der Waals surface area contributed by atoms with Gasteiger partial charge in [-0.05, 0) is 142 Å². The molecule has 25 heteroatoms. The van der Waals surface area contributed by atoms with E-state index in [1.54, 1.807) is 47.0 Å². The summed E-state index contributed by atoms with van der Waals surface area (Å²) in [6.45, 7) is 7.73. The summed E-state index contributed by atoms with van der Waals surface area (Å²) >= 11 is 0. The van der Waals surface area contributed by atoms with Crippen LogP contribution < -0.4 is 27.6 Å². The van der Waals surface area contributed by atoms with Crippen molar-refractivity contribution >= 4 is 80.7 Å². The lowest BCUT2D eigenvalue weighted by Gasteiger charge is -2.12. The lowest BCUT2D eigenvalue weighted by Crippen LogP contribution is -2.32. The molecule has 82 heavy (non-hydrogen) atoms. The second-order valence-corrected chi connectivity index (χ2v) is 20.1. The monoisotopic (exact) mass is 1120 g/mol. The molecule has 0 spiro atoms. The third-order valence-electron chi connectivity index (χ3n) is 13.6. The number of aliphatic carboxylic acids is 1. The number of aliphatic imine (C=N–C) groups is 1. The molecule has 5 fully saturated rings. The van der Waals surface area contributed by atoms with Gasteiger partial charge in [-0.25, -0.2) is 15.3 Å². The number of nitrogens with one attached hydrogen (secondary N) is 2. The SMILES string of the molecule is C.Cc1cc2c(cn1)cc(-c1cc(N=C(N)NO)ccc1C)c(=O)n2C.Cc1cc2c(cn1)cc(-c1cc(Nc3noc(C4CC4)n3)ccc1C)c(=O)n2C.O=C(O)C1CC1.O=C(ON1C(=O)CCC1=O)C1CC1.O=C1CCC(=O)N1O. The maximum atomic E-state index is 13.1. The summed E-state index contributed by atoms with van der Waals surface area (Å²) < 4.78 is 8.61. The van der Waals surface area contributed by atoms with E-state index >= 15 is 0 Å². The number of amides is 4. The summed E-state index contributed by atoms with van der Waals surface area (Å²) in [5.74, 6) is -1.60. The number of guanidine groups is 1. The third kappa shape index (κ3) is 14.6. The summed E-state index contributed by atoms with van der Waals surface area (Å²) in [6.07, 6.45) is 9.78. The van der Waals surface area contributed by atoms with Crippen LogP contribution in [0.5, 0.6) is 0 Å². The van der Waals surface area contributed by atoms with E-state index in [-0.39, 0.29) is 67.1 Å². The summed E-state index contributed by atoms with van der Waals surface area (Å²) in [4.78, 5) is 111. The number of pyridine rings is 4. The number of carbonyl (C=O) groups excluding carboxylic acids is 5. The molecule has 430 valence electrons. The number of carbonyl (C=O) groups is 6. The molecule has 2 aliphatic heterocycles. The van der Waals surface area contributed by atoms with Crippen LogP contribution in [-0.2, 0) is 47.7 Å². The number of fused-ring (bicyclic) bond motifs is 2. The van der Waals surface area contributed by atoms with Crippen LogP contribution in [0, 0.1) is 39.5 Å². The molecule has 3 aliphatic carbocycles. The number of carboxylic acids is 1. The average Bonchev–Trinajstić information content (AvgIpc) is 4.09. The van der Waals surface area contributed by atoms with Gasteiger partial charge in [-0.3, -0.25) is 53.9 Å². The van der Waals surface area contributed by atoms with Crippen molar-refractivity contribution in [2.75, 3.05) is 5.32 Å². The Labute approximate surface area is 469 Å². The van der Waals surface area contributed by atoms with Crippen molar-refractivity contribution in [3.8, 4) is 22.3 Å². The van der Waals surface area contributed by atoms with Gasteiger partial charge in [0.05, 0.1) is 28.6 Å². The highest BCUT2D eigenvalue weighted by molar-refractivity contribution is 6.02. The first kappa shape index (κ1) is 60.2. The van der Waals surface area contributed by atoms with Crippen LogP contribution in [-0.4, -0.2) is 96.4 Å². The second-order valence-electron chi connectivity index (χ2n) is 20.1. The van der Waals surface area contributed by atoms with Gasteiger partial charge in [0.25, 0.3) is 40.7 Å². The van der Waals surface area contributed by atoms with Gasteiger partial charge in [0, 0.05) is 97.1 Å². The van der Waals surface area contributed by atoms with E-state index < -0.39 is 35.6 Å². The van der Waals surface area contributed by atoms with Crippen molar-refractivity contribution in [3.63, 3.8) is 0 Å². The van der Waals surface area contributed by atoms with E-state index in [0.29, 0.717) is 39.6 Å². The Bertz CT molecular complexity index is 3750. The molecule has 0 radical (unpaired) electrons. The number of nitrogens with two attached hydrogens (primary N) is 1. The molecule has 2 aromatic carbocycles. The summed E-state index contributed by atoms with van der Waals surface area (Å²) in [7, 11) is 3.54. The number of imide groups is 2. The average molecular weight is 1130 g/mol. The summed E-state index contributed by atoms with van der Waals surface area (Å²) in [5.41, 5.74) is 16.7. The number of anilines is 2. The molecule has 12 rings (SSSR count). The van der Waals surface area contributed by atoms with E-state index in [2.05, 4.69) is 35.3 Å². The molecule has 3 saturated carbocycles. The molecular weight excluding hydrogens is 1060 g/mol. The van der Waals surface area contributed by atoms with Gasteiger partial charge >= 0.3 is 11.9 Å². The number of aryl methyl sites for hydroxylation is 6. The Morgan fingerprint density at radius 2 is 1.18 bits per heavy atom. The van der Waals surface area contributed by atoms with Crippen LogP contribution in [0.15, 0.2) is 92.2 Å². The molecule has 7 N–H and O–H groups in total. The minimum Gasteiger partial charge on any atom is -0.481 e. The fourth-order valence-electron chi connectivity index (χ4n) is 8.39. The van der Waals surface area contributed by atoms with Crippen LogP contribution in [0.25, 0.3) is 44.1 Å². The van der Waals surface area contributed by atoms with Gasteiger partial charge < -0.3 is 34.7 Å². The van der Waals surface area contributed by atoms with E-state index in [1.807, 2.05) is 82.4 Å². The number of hydrogen-bond donors (Lipinski definition) is 6. The van der Waals surface area contributed by atoms with E-state index in [4.69, 9.17) is 25.8 Å². The second kappa shape index (κ2) is 25.7. The molecule has 4 amide bonds. The minimum atomic E-state index is -0.630. The number of carboxylic acid groups (broad SMARTS) is 1. The van der Waals surface area contributed by atoms with E-state index in [9.17, 15) is 38.4 Å². The van der Waals surface area contributed by atoms with E-state index in [1.165, 1.54) is 0 Å². The highest BCUT2D eigenvalue weighted by atomic mass is 16.7. The molecule has 7 aromatic rings. The first-order valence-corrected chi connectivity index (χ1v) is 25.9. The van der Waals surface area contributed by atoms with Crippen molar-refractivity contribution in [2.24, 2.45) is 36.7 Å². The quantitative estimate of drug-likeness (QED) is 0.0278. The van der Waals surface area contributed by atoms with Gasteiger partial charge in [0.15, 0.2) is 0 Å². The van der Waals surface area contributed by atoms with Crippen molar-refractivity contribution < 1.29 is 53.6 Å². The van der Waals surface area contributed by atoms with Crippen molar-refractivity contribution in [2.45, 2.75) is 105 Å². The third-order valence-corrected chi connectivity index (χ3v) is 13.6. The van der Waals surface area contributed by atoms with Crippen LogP contribution in [0.2, 0.25) is 0 Å². The first-order valence-electron chi connectivity index (χ1n) is 25.9. The van der Waals surface area contributed by atoms with Gasteiger partial charge in [-0.1, -0.05) is 19.6 Å². The molecule has 7 heterocycles. The van der Waals surface area contributed by atoms with Gasteiger partial charge in [0.1, 0.15) is 0 Å². The predicted octanol–water partition coefficient (Wildman–Crippen LogP) is 7.01. The first-order chi connectivity index (χ1) is 38.6. The van der Waals surface area contributed by atoms with Crippen molar-refractivity contribution in [1.29, 1.82) is 0 Å². The topological polar surface area (TPSA) is 350 Å². The minimum absolute atomic E-state index is 0. The van der Waals surface area contributed by atoms with Gasteiger partial charge in [0.2, 0.25) is 11.9 Å². The molecule has 25 nitrogen and oxygen atoms in total. The molecule has 5 aliphatic rings. The highest BCUT2D eigenvalue weighted by Crippen LogP contribution is 2.39. The Balaban J connectivity index is 0.000000163. The predicted molar refractivity (Wildman–Crippen MR) is 299 cm³/mol. The van der Waals surface area contributed by atoms with Gasteiger partial charge in [-0.15, -0.1) is 5.06 Å². The molecule has 0 bridgehead atoms. The largest absolute Gasteiger partial charge is 0.481 e. The molecule has 2 saturated heterocycles. The fraction of sp³-hybridized carbons (Fsp3) is 0.351. The Kier molecular flexibility index (Phi) is 18.9. The fourth-order valence-corrected chi connectivity index (χ4v) is 8.39. The molecule has 5 aromatic heterocycles. The molecular formula is C57H64N12O13. The van der Waals surface area contributed by atoms with Crippen LogP contribution in [0.3, 0.4) is 0 Å². The standard InChI is InChI=1S/C22H21N5O2.C18H19N5O2.C8H9NO4.C4H5NO3.C4H6O2.CH4/c1-12-4-7-16(24-22-25-20(29-26-22)14-5-6-14)10-17(12)18-9-15-11-23-13(2)8-19(15)27(3)21(18)28;1-10-4-5-13(21-18(19)22-25)8-14(10)15-7-12-9-20-11(2)6-16(12)23(3)17(15)24;10-6-3-4-7(11)9(6)13-8(12)5-1-2-5;6-3-1-2-4(7)5(3)8;5-4(6)3-1-2-3;/h4,7-11,14H,5-6H2,1-3H3,(H,24,26);4-9,25H,1-3H3,(H3,19,21,22);5H,1-4H2;8H,1-2H2;3H,1-2H2,(H,5,6);1H4. The summed E-state index contributed by atoms with van der Waals surface area (Å²) in [5, 5.41) is 35.0. The molecule has 0 unspecified atom stereocenters. The zero-order chi connectivity index (χ0) is 58.4. The Morgan fingerprint density at radius 3 is 1.63 bits per heavy atom. The Morgan fingerprint density at radius 1 is 0.683 bits per heavy atom. The van der Waals surface area contributed by atoms with Crippen LogP contribution in [0.1, 0.15) is 106 Å². The number of nitrogens with zero attached hydrogens (tertiary/aromatic N) is 9. The maximum absolute atomic E-state index is 13.1. The lowest BCUT2D eigenvalue weighted by atomic mass is 9.99. The zero-order valence-corrected chi connectivity index (χ0v) is 45.3. The van der Waals surface area contributed by atoms with Crippen LogP contribution in [0.4, 0.5) is 17.3 Å². The lowest BCUT2D eigenvalue weighted by molar-refractivity contribution is -0.198. The van der Waals surface area contributed by atoms with Crippen LogP contribution >= 0.6 is 0 Å². The number of aromatic nitrogens is 6. The zero-order valence-electron chi connectivity index (χ0n) is 45.3. The smallest absolute Gasteiger partial charge is 0.336 e. The van der Waals surface area contributed by atoms with E-state index in [0.717, 1.165) is 99.7 Å². The maximum Gasteiger partial charge on any atom is 0.336 e. The summed E-state index contributed by atoms with van der Waals surface area (Å²) in [6, 6.07) is 18.8. The van der Waals surface area contributed by atoms with Gasteiger partial charge in [-0.2, -0.15) is 10.0 Å². The number of hydrogen-bond acceptors (Lipinski definition) is 18. The highest BCUT2D eigenvalue weighted by Gasteiger charge is 2.38. The Hall–Kier alpha value is -9.49. The number of hydroxylamine groups is 5. The number of rotatable bonds is 9. The number of benzene rings is 2. The molecule has 0 atom stereocenters. The van der Waals surface area contributed by atoms with Crippen molar-refractivity contribution in [1.82, 2.24) is 44.8 Å². The van der Waals surface area contributed by atoms with Crippen molar-refractivity contribution in [3.05, 3.63) is 122 Å².